The molecule has 0 unspecified atom stereocenters. The molecule has 190 valence electrons. The number of anilines is 1. The number of hydrogen-bond acceptors (Lipinski definition) is 4. The fraction of sp³-hybridized carbons (Fsp3) is 0.379. The minimum atomic E-state index is -0.884. The number of benzene rings is 2. The van der Waals surface area contributed by atoms with Gasteiger partial charge in [0.1, 0.15) is 11.6 Å². The first kappa shape index (κ1) is 26.0. The molecule has 0 bridgehead atoms. The number of carboxylic acids is 1. The van der Waals surface area contributed by atoms with Gasteiger partial charge < -0.3 is 14.7 Å². The number of piperidine rings is 1. The maximum absolute atomic E-state index is 13.1. The maximum Gasteiger partial charge on any atom is 0.307 e. The predicted molar refractivity (Wildman–Crippen MR) is 141 cm³/mol. The van der Waals surface area contributed by atoms with Gasteiger partial charge in [-0.05, 0) is 53.6 Å². The lowest BCUT2D eigenvalue weighted by Gasteiger charge is -2.40. The molecule has 0 atom stereocenters. The van der Waals surface area contributed by atoms with E-state index in [4.69, 9.17) is 16.3 Å². The fourth-order valence-electron chi connectivity index (χ4n) is 4.63. The van der Waals surface area contributed by atoms with Crippen LogP contribution in [0, 0.1) is 11.2 Å². The van der Waals surface area contributed by atoms with Crippen molar-refractivity contribution in [1.82, 2.24) is 4.98 Å². The number of carboxylic acid groups (broad SMARTS) is 1. The average Bonchev–Trinajstić information content (AvgIpc) is 2.85. The number of aromatic nitrogens is 1. The molecule has 1 fully saturated rings. The van der Waals surface area contributed by atoms with Gasteiger partial charge in [-0.2, -0.15) is 0 Å². The van der Waals surface area contributed by atoms with Gasteiger partial charge in [0.2, 0.25) is 0 Å². The molecule has 1 aromatic heterocycles. The van der Waals surface area contributed by atoms with Crippen molar-refractivity contribution in [3.05, 3.63) is 77.4 Å². The summed E-state index contributed by atoms with van der Waals surface area (Å²) in [6.07, 6.45) is 4.30. The van der Waals surface area contributed by atoms with E-state index in [1.54, 1.807) is 18.3 Å². The van der Waals surface area contributed by atoms with Crippen LogP contribution in [0.5, 0.6) is 5.75 Å². The molecule has 0 spiro atoms. The van der Waals surface area contributed by atoms with E-state index in [0.717, 1.165) is 59.8 Å². The van der Waals surface area contributed by atoms with Gasteiger partial charge in [0.15, 0.2) is 0 Å². The van der Waals surface area contributed by atoms with Crippen LogP contribution in [0.15, 0.2) is 54.7 Å². The molecule has 1 aliphatic heterocycles. The summed E-state index contributed by atoms with van der Waals surface area (Å²) in [4.78, 5) is 18.5. The molecule has 1 aliphatic rings. The third-order valence-electron chi connectivity index (χ3n) is 6.82. The van der Waals surface area contributed by atoms with Crippen LogP contribution in [0.4, 0.5) is 10.1 Å². The average molecular weight is 511 g/mol. The molecule has 3 aromatic rings. The Morgan fingerprint density at radius 1 is 1.11 bits per heavy atom. The minimum Gasteiger partial charge on any atom is -0.493 e. The highest BCUT2D eigenvalue weighted by atomic mass is 35.5. The fourth-order valence-corrected chi connectivity index (χ4v) is 4.83. The van der Waals surface area contributed by atoms with Crippen molar-refractivity contribution in [2.45, 2.75) is 45.4 Å². The lowest BCUT2D eigenvalue weighted by Crippen LogP contribution is -2.38. The first-order valence-corrected chi connectivity index (χ1v) is 12.8. The molecular formula is C29H32ClFN2O3. The van der Waals surface area contributed by atoms with Crippen molar-refractivity contribution >= 4 is 23.3 Å². The molecular weight excluding hydrogens is 479 g/mol. The quantitative estimate of drug-likeness (QED) is 0.333. The number of pyridine rings is 1. The second kappa shape index (κ2) is 11.3. The van der Waals surface area contributed by atoms with Gasteiger partial charge in [0, 0.05) is 36.8 Å². The largest absolute Gasteiger partial charge is 0.493 e. The van der Waals surface area contributed by atoms with Crippen LogP contribution >= 0.6 is 11.6 Å². The molecule has 0 amide bonds. The summed E-state index contributed by atoms with van der Waals surface area (Å²) in [6, 6.07) is 14.2. The molecule has 2 aromatic carbocycles. The van der Waals surface area contributed by atoms with E-state index in [2.05, 4.69) is 23.7 Å². The van der Waals surface area contributed by atoms with Crippen molar-refractivity contribution in [2.24, 2.45) is 5.41 Å². The lowest BCUT2D eigenvalue weighted by atomic mass is 9.82. The van der Waals surface area contributed by atoms with Crippen LogP contribution in [-0.2, 0) is 23.5 Å². The number of alkyl halides is 1. The highest BCUT2D eigenvalue weighted by Gasteiger charge is 2.29. The summed E-state index contributed by atoms with van der Waals surface area (Å²) >= 11 is 6.32. The molecule has 1 saturated heterocycles. The summed E-state index contributed by atoms with van der Waals surface area (Å²) in [6.45, 7) is 6.72. The van der Waals surface area contributed by atoms with E-state index in [-0.39, 0.29) is 23.5 Å². The Labute approximate surface area is 216 Å². The number of carbonyl (C=O) groups is 1. The SMILES string of the molecule is CC1(C)CCN(c2c(CC(=O)O)cnc(CCl)c2-c2ccc(OCCc3ccc(F)cc3)cc2)CC1. The Morgan fingerprint density at radius 3 is 2.39 bits per heavy atom. The van der Waals surface area contributed by atoms with Crippen LogP contribution in [0.2, 0.25) is 0 Å². The van der Waals surface area contributed by atoms with Gasteiger partial charge >= 0.3 is 5.97 Å². The number of hydrogen-bond donors (Lipinski definition) is 1. The first-order chi connectivity index (χ1) is 17.3. The summed E-state index contributed by atoms with van der Waals surface area (Å²) in [5.74, 6) is -0.180. The van der Waals surface area contributed by atoms with E-state index in [1.807, 2.05) is 24.3 Å². The van der Waals surface area contributed by atoms with Gasteiger partial charge in [-0.1, -0.05) is 38.1 Å². The summed E-state index contributed by atoms with van der Waals surface area (Å²) in [5, 5.41) is 9.57. The number of ether oxygens (including phenoxy) is 1. The Balaban J connectivity index is 1.60. The van der Waals surface area contributed by atoms with Crippen molar-refractivity contribution in [3.8, 4) is 16.9 Å². The summed E-state index contributed by atoms with van der Waals surface area (Å²) in [5.41, 5.74) is 5.44. The van der Waals surface area contributed by atoms with Crippen LogP contribution in [0.1, 0.15) is 43.5 Å². The van der Waals surface area contributed by atoms with Gasteiger partial charge in [-0.3, -0.25) is 9.78 Å². The van der Waals surface area contributed by atoms with Gasteiger partial charge in [0.05, 0.1) is 30.3 Å². The van der Waals surface area contributed by atoms with E-state index in [9.17, 15) is 14.3 Å². The van der Waals surface area contributed by atoms with E-state index >= 15 is 0 Å². The number of halogens is 2. The van der Waals surface area contributed by atoms with Crippen molar-refractivity contribution < 1.29 is 19.0 Å². The summed E-state index contributed by atoms with van der Waals surface area (Å²) < 4.78 is 19.0. The Kier molecular flexibility index (Phi) is 8.14. The zero-order valence-electron chi connectivity index (χ0n) is 20.8. The van der Waals surface area contributed by atoms with E-state index in [0.29, 0.717) is 18.6 Å². The first-order valence-electron chi connectivity index (χ1n) is 12.3. The monoisotopic (exact) mass is 510 g/mol. The maximum atomic E-state index is 13.1. The zero-order valence-corrected chi connectivity index (χ0v) is 21.5. The van der Waals surface area contributed by atoms with Crippen LogP contribution in [0.25, 0.3) is 11.1 Å². The molecule has 5 nitrogen and oxygen atoms in total. The normalized spacial score (nSPS) is 15.1. The molecule has 0 aliphatic carbocycles. The number of nitrogens with zero attached hydrogens (tertiary/aromatic N) is 2. The Hall–Kier alpha value is -3.12. The molecule has 7 heteroatoms. The highest BCUT2D eigenvalue weighted by molar-refractivity contribution is 6.17. The molecule has 0 saturated carbocycles. The van der Waals surface area contributed by atoms with Crippen LogP contribution < -0.4 is 9.64 Å². The number of aliphatic carboxylic acids is 1. The highest BCUT2D eigenvalue weighted by Crippen LogP contribution is 2.41. The van der Waals surface area contributed by atoms with Crippen LogP contribution in [0.3, 0.4) is 0 Å². The number of rotatable bonds is 9. The molecule has 4 rings (SSSR count). The van der Waals surface area contributed by atoms with Crippen molar-refractivity contribution in [2.75, 3.05) is 24.6 Å². The second-order valence-electron chi connectivity index (χ2n) is 10.1. The van der Waals surface area contributed by atoms with Gasteiger partial charge in [-0.25, -0.2) is 4.39 Å². The van der Waals surface area contributed by atoms with Crippen LogP contribution in [-0.4, -0.2) is 35.8 Å². The van der Waals surface area contributed by atoms with E-state index < -0.39 is 5.97 Å². The topological polar surface area (TPSA) is 62.7 Å². The molecule has 2 heterocycles. The summed E-state index contributed by atoms with van der Waals surface area (Å²) in [7, 11) is 0. The molecule has 0 radical (unpaired) electrons. The molecule has 1 N–H and O–H groups in total. The van der Waals surface area contributed by atoms with Gasteiger partial charge in [0.25, 0.3) is 0 Å². The molecule has 36 heavy (non-hydrogen) atoms. The third-order valence-corrected chi connectivity index (χ3v) is 7.08. The van der Waals surface area contributed by atoms with Gasteiger partial charge in [-0.15, -0.1) is 11.6 Å². The smallest absolute Gasteiger partial charge is 0.307 e. The zero-order chi connectivity index (χ0) is 25.7. The third kappa shape index (κ3) is 6.35. The Bertz CT molecular complexity index is 1190. The standard InChI is InChI=1S/C29H32ClFN2O3/c1-29(2)12-14-33(15-13-29)28-22(17-26(34)35)19-32-25(18-30)27(28)21-5-9-24(10-6-21)36-16-11-20-3-7-23(31)8-4-20/h3-10,19H,11-18H2,1-2H3,(H,34,35). The second-order valence-corrected chi connectivity index (χ2v) is 10.3. The van der Waals surface area contributed by atoms with Crippen molar-refractivity contribution in [3.63, 3.8) is 0 Å². The Morgan fingerprint density at radius 2 is 1.78 bits per heavy atom. The van der Waals surface area contributed by atoms with Crippen molar-refractivity contribution in [1.29, 1.82) is 0 Å². The predicted octanol–water partition coefficient (Wildman–Crippen LogP) is 6.50. The van der Waals surface area contributed by atoms with E-state index in [1.165, 1.54) is 12.1 Å². The lowest BCUT2D eigenvalue weighted by molar-refractivity contribution is -0.136. The minimum absolute atomic E-state index is 0.0949.